The minimum Gasteiger partial charge on any atom is -0.406 e. The molecule has 1 rings (SSSR count). The van der Waals surface area contributed by atoms with E-state index in [0.29, 0.717) is 18.4 Å². The van der Waals surface area contributed by atoms with E-state index in [1.54, 1.807) is 12.1 Å². The van der Waals surface area contributed by atoms with Crippen LogP contribution in [0.25, 0.3) is 0 Å². The van der Waals surface area contributed by atoms with Crippen LogP contribution in [0.2, 0.25) is 0 Å². The topological polar surface area (TPSA) is 35.2 Å². The van der Waals surface area contributed by atoms with Crippen molar-refractivity contribution in [3.8, 4) is 5.75 Å². The molecule has 0 saturated heterocycles. The average Bonchev–Trinajstić information content (AvgIpc) is 2.24. The number of hydrogen-bond acceptors (Lipinski definition) is 2. The Morgan fingerprint density at radius 1 is 1.41 bits per heavy atom. The van der Waals surface area contributed by atoms with Crippen molar-refractivity contribution in [3.05, 3.63) is 42.5 Å². The van der Waals surface area contributed by atoms with Crippen LogP contribution in [0.4, 0.5) is 13.2 Å². The Hall–Kier alpha value is -1.49. The lowest BCUT2D eigenvalue weighted by Crippen LogP contribution is -2.17. The molecule has 0 radical (unpaired) electrons. The number of nitrogens with two attached hydrogens (primary N) is 1. The highest BCUT2D eigenvalue weighted by Crippen LogP contribution is 2.26. The van der Waals surface area contributed by atoms with Crippen LogP contribution in [0, 0.1) is 0 Å². The summed E-state index contributed by atoms with van der Waals surface area (Å²) < 4.78 is 39.9. The molecule has 17 heavy (non-hydrogen) atoms. The minimum absolute atomic E-state index is 0.246. The largest absolute Gasteiger partial charge is 0.573 e. The number of ether oxygens (including phenoxy) is 1. The summed E-state index contributed by atoms with van der Waals surface area (Å²) in [5, 5.41) is 0. The Bertz CT molecular complexity index is 376. The molecular weight excluding hydrogens is 231 g/mol. The van der Waals surface area contributed by atoms with E-state index in [2.05, 4.69) is 11.3 Å². The molecule has 0 heterocycles. The minimum atomic E-state index is -4.68. The Labute approximate surface area is 97.9 Å². The van der Waals surface area contributed by atoms with Crippen LogP contribution >= 0.6 is 0 Å². The summed E-state index contributed by atoms with van der Waals surface area (Å²) in [4.78, 5) is 0. The van der Waals surface area contributed by atoms with Gasteiger partial charge in [-0.25, -0.2) is 0 Å². The summed E-state index contributed by atoms with van der Waals surface area (Å²) in [6.45, 7) is 3.56. The number of halogens is 3. The van der Waals surface area contributed by atoms with Crippen molar-refractivity contribution in [2.75, 3.05) is 0 Å². The van der Waals surface area contributed by atoms with E-state index in [9.17, 15) is 13.2 Å². The molecule has 2 N–H and O–H groups in total. The van der Waals surface area contributed by atoms with Gasteiger partial charge in [-0.15, -0.1) is 19.8 Å². The predicted molar refractivity (Wildman–Crippen MR) is 59.5 cm³/mol. The molecule has 5 heteroatoms. The molecule has 1 atom stereocenters. The van der Waals surface area contributed by atoms with Crippen LogP contribution in [-0.2, 0) is 0 Å². The van der Waals surface area contributed by atoms with Crippen LogP contribution < -0.4 is 10.5 Å². The first-order valence-electron chi connectivity index (χ1n) is 5.14. The first kappa shape index (κ1) is 13.6. The summed E-state index contributed by atoms with van der Waals surface area (Å²) in [5.41, 5.74) is 6.45. The summed E-state index contributed by atoms with van der Waals surface area (Å²) in [7, 11) is 0. The van der Waals surface area contributed by atoms with E-state index in [1.807, 2.05) is 0 Å². The van der Waals surface area contributed by atoms with Crippen molar-refractivity contribution in [2.24, 2.45) is 5.73 Å². The molecule has 0 bridgehead atoms. The fraction of sp³-hybridized carbons (Fsp3) is 0.333. The maximum absolute atomic E-state index is 12.0. The Morgan fingerprint density at radius 2 is 2.12 bits per heavy atom. The Morgan fingerprint density at radius 3 is 2.71 bits per heavy atom. The maximum Gasteiger partial charge on any atom is 0.573 e. The summed E-state index contributed by atoms with van der Waals surface area (Å²) in [6.07, 6.45) is -1.61. The van der Waals surface area contributed by atoms with Gasteiger partial charge in [-0.2, -0.15) is 0 Å². The van der Waals surface area contributed by atoms with Crippen molar-refractivity contribution in [2.45, 2.75) is 25.2 Å². The lowest BCUT2D eigenvalue weighted by molar-refractivity contribution is -0.274. The van der Waals surface area contributed by atoms with Gasteiger partial charge >= 0.3 is 6.36 Å². The second-order valence-electron chi connectivity index (χ2n) is 3.59. The SMILES string of the molecule is C=CCC[C@H](N)c1cccc(OC(F)(F)F)c1. The molecule has 1 aromatic rings. The van der Waals surface area contributed by atoms with Crippen LogP contribution in [0.1, 0.15) is 24.4 Å². The molecule has 0 unspecified atom stereocenters. The highest BCUT2D eigenvalue weighted by Gasteiger charge is 2.31. The third-order valence-electron chi connectivity index (χ3n) is 2.20. The second-order valence-corrected chi connectivity index (χ2v) is 3.59. The molecule has 2 nitrogen and oxygen atoms in total. The van der Waals surface area contributed by atoms with Crippen molar-refractivity contribution >= 4 is 0 Å². The Kier molecular flexibility index (Phi) is 4.57. The summed E-state index contributed by atoms with van der Waals surface area (Å²) in [6, 6.07) is 5.41. The van der Waals surface area contributed by atoms with Gasteiger partial charge in [0.1, 0.15) is 5.75 Å². The van der Waals surface area contributed by atoms with E-state index < -0.39 is 6.36 Å². The third-order valence-corrected chi connectivity index (χ3v) is 2.20. The van der Waals surface area contributed by atoms with Crippen LogP contribution in [0.3, 0.4) is 0 Å². The molecule has 0 aliphatic carbocycles. The monoisotopic (exact) mass is 245 g/mol. The number of rotatable bonds is 5. The normalized spacial score (nSPS) is 13.2. The highest BCUT2D eigenvalue weighted by atomic mass is 19.4. The molecule has 1 aromatic carbocycles. The first-order chi connectivity index (χ1) is 7.92. The number of hydrogen-bond donors (Lipinski definition) is 1. The molecule has 0 aliphatic rings. The van der Waals surface area contributed by atoms with Gasteiger partial charge in [0.2, 0.25) is 0 Å². The average molecular weight is 245 g/mol. The second kappa shape index (κ2) is 5.72. The standard InChI is InChI=1S/C12H14F3NO/c1-2-3-7-11(16)9-5-4-6-10(8-9)17-12(13,14)15/h2,4-6,8,11H,1,3,7,16H2/t11-/m0/s1. The van der Waals surface area contributed by atoms with Crippen molar-refractivity contribution in [3.63, 3.8) is 0 Å². The summed E-state index contributed by atoms with van der Waals surface area (Å²) >= 11 is 0. The van der Waals surface area contributed by atoms with Gasteiger partial charge in [0.15, 0.2) is 0 Å². The fourth-order valence-electron chi connectivity index (χ4n) is 1.41. The molecule has 0 spiro atoms. The van der Waals surface area contributed by atoms with E-state index in [0.717, 1.165) is 0 Å². The zero-order valence-corrected chi connectivity index (χ0v) is 9.20. The molecule has 0 amide bonds. The van der Waals surface area contributed by atoms with Gasteiger partial charge in [0.25, 0.3) is 0 Å². The van der Waals surface area contributed by atoms with Crippen molar-refractivity contribution in [1.82, 2.24) is 0 Å². The molecule has 0 aliphatic heterocycles. The van der Waals surface area contributed by atoms with Gasteiger partial charge in [-0.3, -0.25) is 0 Å². The molecule has 0 saturated carbocycles. The quantitative estimate of drug-likeness (QED) is 0.805. The Balaban J connectivity index is 2.74. The van der Waals surface area contributed by atoms with Crippen LogP contribution in [0.5, 0.6) is 5.75 Å². The predicted octanol–water partition coefficient (Wildman–Crippen LogP) is 3.55. The molecule has 0 aromatic heterocycles. The highest BCUT2D eigenvalue weighted by molar-refractivity contribution is 5.30. The van der Waals surface area contributed by atoms with E-state index in [4.69, 9.17) is 5.73 Å². The van der Waals surface area contributed by atoms with Gasteiger partial charge in [-0.1, -0.05) is 18.2 Å². The van der Waals surface area contributed by atoms with Crippen LogP contribution in [-0.4, -0.2) is 6.36 Å². The smallest absolute Gasteiger partial charge is 0.406 e. The summed E-state index contributed by atoms with van der Waals surface area (Å²) in [5.74, 6) is -0.246. The van der Waals surface area contributed by atoms with Crippen molar-refractivity contribution in [1.29, 1.82) is 0 Å². The number of alkyl halides is 3. The number of benzene rings is 1. The first-order valence-corrected chi connectivity index (χ1v) is 5.14. The zero-order chi connectivity index (χ0) is 12.9. The molecular formula is C12H14F3NO. The van der Waals surface area contributed by atoms with Crippen LogP contribution in [0.15, 0.2) is 36.9 Å². The lowest BCUT2D eigenvalue weighted by Gasteiger charge is -2.13. The van der Waals surface area contributed by atoms with Crippen molar-refractivity contribution < 1.29 is 17.9 Å². The lowest BCUT2D eigenvalue weighted by atomic mass is 10.0. The van der Waals surface area contributed by atoms with Gasteiger partial charge < -0.3 is 10.5 Å². The maximum atomic E-state index is 12.0. The third kappa shape index (κ3) is 4.91. The van der Waals surface area contributed by atoms with Gasteiger partial charge in [0.05, 0.1) is 0 Å². The fourth-order valence-corrected chi connectivity index (χ4v) is 1.41. The van der Waals surface area contributed by atoms with E-state index in [1.165, 1.54) is 18.2 Å². The van der Waals surface area contributed by atoms with E-state index >= 15 is 0 Å². The number of allylic oxidation sites excluding steroid dienone is 1. The van der Waals surface area contributed by atoms with E-state index in [-0.39, 0.29) is 11.8 Å². The van der Waals surface area contributed by atoms with Gasteiger partial charge in [0, 0.05) is 6.04 Å². The molecule has 94 valence electrons. The molecule has 0 fully saturated rings. The van der Waals surface area contributed by atoms with Gasteiger partial charge in [-0.05, 0) is 30.5 Å². The zero-order valence-electron chi connectivity index (χ0n) is 9.20.